The number of hydrogen-bond donors (Lipinski definition) is 0. The minimum absolute atomic E-state index is 0.144. The molecule has 1 aliphatic rings. The molecule has 0 spiro atoms. The van der Waals surface area contributed by atoms with Gasteiger partial charge in [0.2, 0.25) is 0 Å². The van der Waals surface area contributed by atoms with Crippen LogP contribution in [0, 0.1) is 11.3 Å². The zero-order chi connectivity index (χ0) is 17.8. The number of ether oxygens (including phenoxy) is 1. The minimum Gasteiger partial charge on any atom is -0.382 e. The Kier molecular flexibility index (Phi) is 5.37. The van der Waals surface area contributed by atoms with Gasteiger partial charge in [0.05, 0.1) is 37.4 Å². The Bertz CT molecular complexity index is 841. The van der Waals surface area contributed by atoms with Crippen molar-refractivity contribution in [3.8, 4) is 6.07 Å². The summed E-state index contributed by atoms with van der Waals surface area (Å²) in [4.78, 5) is 7.07. The van der Waals surface area contributed by atoms with E-state index >= 15 is 0 Å². The average Bonchev–Trinajstić information content (AvgIpc) is 2.74. The monoisotopic (exact) mass is 353 g/mol. The summed E-state index contributed by atoms with van der Waals surface area (Å²) in [5.74, 6) is 0. The summed E-state index contributed by atoms with van der Waals surface area (Å²) >= 11 is 6.44. The molecule has 5 heteroatoms. The molecule has 1 heterocycles. The number of benzodiazepines with no additional fused rings is 1. The largest absolute Gasteiger partial charge is 0.382 e. The molecule has 4 nitrogen and oxygen atoms in total. The van der Waals surface area contributed by atoms with E-state index in [-0.39, 0.29) is 6.04 Å². The van der Waals surface area contributed by atoms with Crippen LogP contribution in [0.4, 0.5) is 5.69 Å². The second-order valence-corrected chi connectivity index (χ2v) is 6.48. The second kappa shape index (κ2) is 7.69. The molecule has 0 aromatic heterocycles. The van der Waals surface area contributed by atoms with Crippen LogP contribution in [0.5, 0.6) is 0 Å². The first-order chi connectivity index (χ1) is 12.2. The molecular weight excluding hydrogens is 334 g/mol. The van der Waals surface area contributed by atoms with E-state index < -0.39 is 0 Å². The van der Waals surface area contributed by atoms with Crippen molar-refractivity contribution in [2.75, 3.05) is 32.2 Å². The summed E-state index contributed by atoms with van der Waals surface area (Å²) in [7, 11) is 3.76. The molecule has 1 unspecified atom stereocenters. The highest BCUT2D eigenvalue weighted by atomic mass is 35.5. The Morgan fingerprint density at radius 2 is 2.08 bits per heavy atom. The van der Waals surface area contributed by atoms with Crippen molar-refractivity contribution in [3.63, 3.8) is 0 Å². The summed E-state index contributed by atoms with van der Waals surface area (Å²) in [5.41, 5.74) is 4.82. The number of anilines is 1. The van der Waals surface area contributed by atoms with Crippen molar-refractivity contribution in [2.45, 2.75) is 12.5 Å². The molecular formula is C20H20ClN3O. The van der Waals surface area contributed by atoms with Crippen molar-refractivity contribution in [1.82, 2.24) is 0 Å². The van der Waals surface area contributed by atoms with Crippen LogP contribution in [0.2, 0.25) is 5.02 Å². The maximum absolute atomic E-state index is 9.04. The fourth-order valence-corrected chi connectivity index (χ4v) is 3.35. The fourth-order valence-electron chi connectivity index (χ4n) is 3.12. The van der Waals surface area contributed by atoms with Crippen LogP contribution in [-0.2, 0) is 11.2 Å². The summed E-state index contributed by atoms with van der Waals surface area (Å²) in [6, 6.07) is 16.2. The van der Waals surface area contributed by atoms with Gasteiger partial charge >= 0.3 is 0 Å². The van der Waals surface area contributed by atoms with Gasteiger partial charge in [-0.15, -0.1) is 0 Å². The maximum Gasteiger partial charge on any atom is 0.0755 e. The molecule has 0 amide bonds. The molecule has 0 N–H and O–H groups in total. The molecule has 1 aliphatic heterocycles. The zero-order valence-corrected chi connectivity index (χ0v) is 15.1. The van der Waals surface area contributed by atoms with Gasteiger partial charge in [0.15, 0.2) is 0 Å². The van der Waals surface area contributed by atoms with E-state index in [9.17, 15) is 0 Å². The molecule has 3 rings (SSSR count). The van der Waals surface area contributed by atoms with E-state index in [1.165, 1.54) is 0 Å². The first-order valence-electron chi connectivity index (χ1n) is 8.17. The quantitative estimate of drug-likeness (QED) is 0.841. The Balaban J connectivity index is 2.18. The topological polar surface area (TPSA) is 48.6 Å². The van der Waals surface area contributed by atoms with E-state index in [1.54, 1.807) is 7.11 Å². The third-order valence-corrected chi connectivity index (χ3v) is 4.80. The lowest BCUT2D eigenvalue weighted by Gasteiger charge is -2.28. The van der Waals surface area contributed by atoms with Crippen LogP contribution in [0.15, 0.2) is 47.5 Å². The van der Waals surface area contributed by atoms with Gasteiger partial charge in [-0.05, 0) is 23.8 Å². The van der Waals surface area contributed by atoms with Crippen molar-refractivity contribution in [2.24, 2.45) is 4.99 Å². The third-order valence-electron chi connectivity index (χ3n) is 4.48. The van der Waals surface area contributed by atoms with E-state index in [4.69, 9.17) is 26.6 Å². The van der Waals surface area contributed by atoms with Crippen LogP contribution in [0.25, 0.3) is 0 Å². The number of benzene rings is 2. The van der Waals surface area contributed by atoms with Crippen LogP contribution >= 0.6 is 11.6 Å². The highest BCUT2D eigenvalue weighted by molar-refractivity contribution is 6.35. The summed E-state index contributed by atoms with van der Waals surface area (Å²) in [6.45, 7) is 1.21. The van der Waals surface area contributed by atoms with Gasteiger partial charge in [-0.3, -0.25) is 4.99 Å². The molecule has 0 aliphatic carbocycles. The number of likely N-dealkylation sites (N-methyl/N-ethyl adjacent to an activating group) is 1. The van der Waals surface area contributed by atoms with Gasteiger partial charge in [0.25, 0.3) is 0 Å². The number of halogens is 1. The number of nitriles is 1. The van der Waals surface area contributed by atoms with Crippen molar-refractivity contribution in [3.05, 3.63) is 64.2 Å². The SMILES string of the molecule is COCC1CN=C(c2ccccc2Cl)c2cc(CC#N)ccc2N1C. The molecule has 2 aromatic carbocycles. The van der Waals surface area contributed by atoms with Crippen LogP contribution in [-0.4, -0.2) is 39.1 Å². The minimum atomic E-state index is 0.144. The van der Waals surface area contributed by atoms with E-state index in [1.807, 2.05) is 36.4 Å². The standard InChI is InChI=1S/C20H20ClN3O/c1-24-15(13-25-2)12-23-20(16-5-3-4-6-18(16)21)17-11-14(9-10-22)7-8-19(17)24/h3-8,11,15H,9,12-13H2,1-2H3. The number of nitrogens with zero attached hydrogens (tertiary/aromatic N) is 3. The summed E-state index contributed by atoms with van der Waals surface area (Å²) in [6.07, 6.45) is 0.369. The van der Waals surface area contributed by atoms with Gasteiger partial charge in [-0.2, -0.15) is 5.26 Å². The molecule has 0 saturated carbocycles. The highest BCUT2D eigenvalue weighted by Gasteiger charge is 2.25. The number of fused-ring (bicyclic) bond motifs is 1. The fraction of sp³-hybridized carbons (Fsp3) is 0.300. The van der Waals surface area contributed by atoms with Crippen LogP contribution in [0.1, 0.15) is 16.7 Å². The molecule has 1 atom stereocenters. The number of rotatable bonds is 4. The average molecular weight is 354 g/mol. The Labute approximate surface area is 153 Å². The van der Waals surface area contributed by atoms with Gasteiger partial charge in [0.1, 0.15) is 0 Å². The smallest absolute Gasteiger partial charge is 0.0755 e. The van der Waals surface area contributed by atoms with Gasteiger partial charge in [-0.1, -0.05) is 35.9 Å². The molecule has 0 radical (unpaired) electrons. The number of methoxy groups -OCH3 is 1. The molecule has 2 aromatic rings. The maximum atomic E-state index is 9.04. The van der Waals surface area contributed by atoms with Gasteiger partial charge < -0.3 is 9.64 Å². The number of hydrogen-bond acceptors (Lipinski definition) is 4. The Hall–Kier alpha value is -2.35. The van der Waals surface area contributed by atoms with Crippen molar-refractivity contribution < 1.29 is 4.74 Å². The second-order valence-electron chi connectivity index (χ2n) is 6.08. The predicted octanol–water partition coefficient (Wildman–Crippen LogP) is 3.71. The predicted molar refractivity (Wildman–Crippen MR) is 102 cm³/mol. The normalized spacial score (nSPS) is 16.6. The lowest BCUT2D eigenvalue weighted by atomic mass is 9.97. The lowest BCUT2D eigenvalue weighted by Crippen LogP contribution is -2.37. The van der Waals surface area contributed by atoms with E-state index in [0.717, 1.165) is 28.1 Å². The van der Waals surface area contributed by atoms with Crippen LogP contribution in [0.3, 0.4) is 0 Å². The summed E-state index contributed by atoms with van der Waals surface area (Å²) in [5, 5.41) is 9.71. The molecule has 0 fully saturated rings. The molecule has 25 heavy (non-hydrogen) atoms. The van der Waals surface area contributed by atoms with Gasteiger partial charge in [-0.25, -0.2) is 0 Å². The van der Waals surface area contributed by atoms with E-state index in [0.29, 0.717) is 24.6 Å². The first-order valence-corrected chi connectivity index (χ1v) is 8.55. The van der Waals surface area contributed by atoms with Gasteiger partial charge in [0, 0.05) is 36.0 Å². The van der Waals surface area contributed by atoms with E-state index in [2.05, 4.69) is 24.1 Å². The zero-order valence-electron chi connectivity index (χ0n) is 14.4. The molecule has 128 valence electrons. The van der Waals surface area contributed by atoms with Crippen LogP contribution < -0.4 is 4.90 Å². The Morgan fingerprint density at radius 3 is 2.80 bits per heavy atom. The Morgan fingerprint density at radius 1 is 1.28 bits per heavy atom. The molecule has 0 bridgehead atoms. The molecule has 0 saturated heterocycles. The van der Waals surface area contributed by atoms with Crippen molar-refractivity contribution in [1.29, 1.82) is 5.26 Å². The van der Waals surface area contributed by atoms with Crippen molar-refractivity contribution >= 4 is 23.0 Å². The highest BCUT2D eigenvalue weighted by Crippen LogP contribution is 2.31. The summed E-state index contributed by atoms with van der Waals surface area (Å²) < 4.78 is 5.37. The first kappa shape index (κ1) is 17.5. The number of aliphatic imine (C=N–C) groups is 1. The lowest BCUT2D eigenvalue weighted by molar-refractivity contribution is 0.180. The third kappa shape index (κ3) is 3.53.